The van der Waals surface area contributed by atoms with Crippen LogP contribution >= 0.6 is 23.2 Å². The van der Waals surface area contributed by atoms with E-state index in [1.165, 1.54) is 35.2 Å². The van der Waals surface area contributed by atoms with Crippen molar-refractivity contribution in [3.05, 3.63) is 94.0 Å². The largest absolute Gasteiger partial charge is 0.355 e. The molecule has 10 heteroatoms. The van der Waals surface area contributed by atoms with Gasteiger partial charge in [-0.25, -0.2) is 8.42 Å². The molecule has 0 aromatic heterocycles. The molecule has 1 N–H and O–H groups in total. The van der Waals surface area contributed by atoms with Crippen LogP contribution in [0.15, 0.2) is 77.7 Å². The molecule has 2 amide bonds. The van der Waals surface area contributed by atoms with Crippen molar-refractivity contribution in [1.29, 1.82) is 0 Å². The van der Waals surface area contributed by atoms with Gasteiger partial charge in [0.15, 0.2) is 0 Å². The summed E-state index contributed by atoms with van der Waals surface area (Å²) in [6.45, 7) is 5.43. The summed E-state index contributed by atoms with van der Waals surface area (Å²) in [5.74, 6) is -0.850. The topological polar surface area (TPSA) is 86.8 Å². The van der Waals surface area contributed by atoms with Crippen LogP contribution in [-0.2, 0) is 26.2 Å². The second kappa shape index (κ2) is 13.1. The maximum atomic E-state index is 13.9. The quantitative estimate of drug-likeness (QED) is 0.330. The maximum Gasteiger partial charge on any atom is 0.264 e. The fourth-order valence-corrected chi connectivity index (χ4v) is 5.95. The minimum Gasteiger partial charge on any atom is -0.355 e. The Balaban J connectivity index is 2.08. The van der Waals surface area contributed by atoms with Gasteiger partial charge in [0.1, 0.15) is 12.6 Å². The number of nitrogens with one attached hydrogen (secondary N) is 1. The highest BCUT2D eigenvalue weighted by molar-refractivity contribution is 7.92. The molecule has 1 atom stereocenters. The first-order valence-corrected chi connectivity index (χ1v) is 14.4. The molecule has 202 valence electrons. The molecule has 0 bridgehead atoms. The Morgan fingerprint density at radius 1 is 0.921 bits per heavy atom. The first kappa shape index (κ1) is 29.5. The van der Waals surface area contributed by atoms with E-state index < -0.39 is 28.5 Å². The SMILES string of the molecule is CCNC(=O)[C@@H](CC)N(Cc1ccccc1)C(=O)CN(c1cc(Cl)cc(Cl)c1)S(=O)(=O)c1ccc(C)cc1. The van der Waals surface area contributed by atoms with E-state index in [1.807, 2.05) is 44.2 Å². The van der Waals surface area contributed by atoms with Crippen LogP contribution in [0.4, 0.5) is 5.69 Å². The van der Waals surface area contributed by atoms with Crippen molar-refractivity contribution in [2.75, 3.05) is 17.4 Å². The Labute approximate surface area is 234 Å². The van der Waals surface area contributed by atoms with E-state index in [4.69, 9.17) is 23.2 Å². The molecule has 0 unspecified atom stereocenters. The molecule has 0 saturated heterocycles. The number of halogens is 2. The lowest BCUT2D eigenvalue weighted by Gasteiger charge is -2.33. The van der Waals surface area contributed by atoms with E-state index in [2.05, 4.69) is 5.32 Å². The molecule has 0 radical (unpaired) electrons. The summed E-state index contributed by atoms with van der Waals surface area (Å²) >= 11 is 12.4. The summed E-state index contributed by atoms with van der Waals surface area (Å²) < 4.78 is 28.7. The van der Waals surface area contributed by atoms with Gasteiger partial charge in [-0.15, -0.1) is 0 Å². The number of sulfonamides is 1. The summed E-state index contributed by atoms with van der Waals surface area (Å²) in [5.41, 5.74) is 1.84. The van der Waals surface area contributed by atoms with Crippen LogP contribution in [0, 0.1) is 6.92 Å². The number of rotatable bonds is 11. The molecule has 0 aliphatic rings. The standard InChI is InChI=1S/C28H31Cl2N3O4S/c1-4-26(28(35)31-5-2)32(18-21-9-7-6-8-10-21)27(34)19-33(24-16-22(29)15-23(30)17-24)38(36,37)25-13-11-20(3)12-14-25/h6-17,26H,4-5,18-19H2,1-3H3,(H,31,35)/t26-/m1/s1. The van der Waals surface area contributed by atoms with Crippen molar-refractivity contribution in [3.8, 4) is 0 Å². The summed E-state index contributed by atoms with van der Waals surface area (Å²) in [6, 6.07) is 19.1. The molecule has 0 fully saturated rings. The molecule has 3 aromatic rings. The lowest BCUT2D eigenvalue weighted by molar-refractivity contribution is -0.140. The molecule has 0 saturated carbocycles. The predicted octanol–water partition coefficient (Wildman–Crippen LogP) is 5.44. The molecule has 0 spiro atoms. The van der Waals surface area contributed by atoms with Gasteiger partial charge in [0.25, 0.3) is 10.0 Å². The molecule has 3 rings (SSSR count). The van der Waals surface area contributed by atoms with Crippen LogP contribution < -0.4 is 9.62 Å². The molecular formula is C28H31Cl2N3O4S. The number of hydrogen-bond donors (Lipinski definition) is 1. The fourth-order valence-electron chi connectivity index (χ4n) is 4.04. The van der Waals surface area contributed by atoms with Gasteiger partial charge in [0.05, 0.1) is 10.6 Å². The lowest BCUT2D eigenvalue weighted by atomic mass is 10.1. The second-order valence-corrected chi connectivity index (χ2v) is 11.5. The number of anilines is 1. The summed E-state index contributed by atoms with van der Waals surface area (Å²) in [7, 11) is -4.20. The van der Waals surface area contributed by atoms with Crippen LogP contribution in [0.1, 0.15) is 31.4 Å². The number of likely N-dealkylation sites (N-methyl/N-ethyl adjacent to an activating group) is 1. The predicted molar refractivity (Wildman–Crippen MR) is 152 cm³/mol. The number of benzene rings is 3. The Kier molecular flexibility index (Phi) is 10.2. The van der Waals surface area contributed by atoms with Crippen molar-refractivity contribution in [1.82, 2.24) is 10.2 Å². The summed E-state index contributed by atoms with van der Waals surface area (Å²) in [4.78, 5) is 28.3. The van der Waals surface area contributed by atoms with Gasteiger partial charge >= 0.3 is 0 Å². The van der Waals surface area contributed by atoms with E-state index in [0.29, 0.717) is 13.0 Å². The van der Waals surface area contributed by atoms with Crippen LogP contribution in [0.2, 0.25) is 10.0 Å². The zero-order valence-corrected chi connectivity index (χ0v) is 23.9. The highest BCUT2D eigenvalue weighted by atomic mass is 35.5. The third-order valence-electron chi connectivity index (χ3n) is 5.96. The molecule has 38 heavy (non-hydrogen) atoms. The van der Waals surface area contributed by atoms with Crippen LogP contribution in [0.5, 0.6) is 0 Å². The van der Waals surface area contributed by atoms with Crippen molar-refractivity contribution < 1.29 is 18.0 Å². The van der Waals surface area contributed by atoms with E-state index in [-0.39, 0.29) is 33.1 Å². The van der Waals surface area contributed by atoms with Crippen molar-refractivity contribution in [2.24, 2.45) is 0 Å². The monoisotopic (exact) mass is 575 g/mol. The number of aryl methyl sites for hydroxylation is 1. The van der Waals surface area contributed by atoms with Gasteiger partial charge in [-0.1, -0.05) is 78.2 Å². The maximum absolute atomic E-state index is 13.9. The minimum atomic E-state index is -4.20. The average molecular weight is 577 g/mol. The van der Waals surface area contributed by atoms with Crippen LogP contribution in [0.25, 0.3) is 0 Å². The minimum absolute atomic E-state index is 0.0115. The smallest absolute Gasteiger partial charge is 0.264 e. The zero-order valence-electron chi connectivity index (χ0n) is 21.5. The van der Waals surface area contributed by atoms with Crippen molar-refractivity contribution >= 4 is 50.7 Å². The van der Waals surface area contributed by atoms with E-state index in [0.717, 1.165) is 15.4 Å². The molecule has 0 aliphatic carbocycles. The first-order chi connectivity index (χ1) is 18.1. The molecule has 7 nitrogen and oxygen atoms in total. The highest BCUT2D eigenvalue weighted by Crippen LogP contribution is 2.30. The van der Waals surface area contributed by atoms with Crippen LogP contribution in [-0.4, -0.2) is 44.3 Å². The number of hydrogen-bond acceptors (Lipinski definition) is 4. The number of nitrogens with zero attached hydrogens (tertiary/aromatic N) is 2. The Bertz CT molecular complexity index is 1350. The molecular weight excluding hydrogens is 545 g/mol. The second-order valence-electron chi connectivity index (χ2n) is 8.78. The summed E-state index contributed by atoms with van der Waals surface area (Å²) in [5, 5.41) is 3.22. The third-order valence-corrected chi connectivity index (χ3v) is 8.18. The molecule has 0 heterocycles. The number of carbonyl (C=O) groups is 2. The van der Waals surface area contributed by atoms with Gasteiger partial charge in [0.2, 0.25) is 11.8 Å². The fraction of sp³-hybridized carbons (Fsp3) is 0.286. The van der Waals surface area contributed by atoms with E-state index in [9.17, 15) is 18.0 Å². The first-order valence-electron chi connectivity index (χ1n) is 12.2. The Morgan fingerprint density at radius 3 is 2.08 bits per heavy atom. The highest BCUT2D eigenvalue weighted by Gasteiger charge is 2.33. The zero-order chi connectivity index (χ0) is 27.9. The van der Waals surface area contributed by atoms with Crippen molar-refractivity contribution in [3.63, 3.8) is 0 Å². The summed E-state index contributed by atoms with van der Waals surface area (Å²) in [6.07, 6.45) is 0.345. The lowest BCUT2D eigenvalue weighted by Crippen LogP contribution is -2.52. The van der Waals surface area contributed by atoms with Crippen molar-refractivity contribution in [2.45, 2.75) is 44.7 Å². The van der Waals surface area contributed by atoms with Crippen LogP contribution in [0.3, 0.4) is 0 Å². The third kappa shape index (κ3) is 7.28. The Morgan fingerprint density at radius 2 is 1.53 bits per heavy atom. The van der Waals surface area contributed by atoms with Gasteiger partial charge in [0, 0.05) is 23.1 Å². The Hall–Kier alpha value is -3.07. The van der Waals surface area contributed by atoms with Gasteiger partial charge < -0.3 is 10.2 Å². The van der Waals surface area contributed by atoms with E-state index >= 15 is 0 Å². The average Bonchev–Trinajstić information content (AvgIpc) is 2.87. The van der Waals surface area contributed by atoms with Gasteiger partial charge in [-0.05, 0) is 56.2 Å². The number of carbonyl (C=O) groups excluding carboxylic acids is 2. The normalized spacial score (nSPS) is 12.0. The van der Waals surface area contributed by atoms with Gasteiger partial charge in [-0.2, -0.15) is 0 Å². The molecule has 0 aliphatic heterocycles. The van der Waals surface area contributed by atoms with Gasteiger partial charge in [-0.3, -0.25) is 13.9 Å². The molecule has 3 aromatic carbocycles. The van der Waals surface area contributed by atoms with E-state index in [1.54, 1.807) is 19.1 Å². The number of amides is 2.